The van der Waals surface area contributed by atoms with Gasteiger partial charge in [-0.15, -0.1) is 0 Å². The summed E-state index contributed by atoms with van der Waals surface area (Å²) >= 11 is 3.64. The van der Waals surface area contributed by atoms with Crippen molar-refractivity contribution < 1.29 is 4.74 Å². The van der Waals surface area contributed by atoms with Gasteiger partial charge in [-0.2, -0.15) is 5.10 Å². The van der Waals surface area contributed by atoms with Crippen molar-refractivity contribution in [1.29, 1.82) is 0 Å². The van der Waals surface area contributed by atoms with Gasteiger partial charge in [0.05, 0.1) is 22.5 Å². The van der Waals surface area contributed by atoms with Crippen LogP contribution in [0.1, 0.15) is 30.8 Å². The molecule has 0 radical (unpaired) electrons. The number of hydrogen-bond donors (Lipinski definition) is 1. The van der Waals surface area contributed by atoms with Crippen LogP contribution < -0.4 is 10.1 Å². The summed E-state index contributed by atoms with van der Waals surface area (Å²) in [5.74, 6) is 0.923. The second kappa shape index (κ2) is 7.61. The lowest BCUT2D eigenvalue weighted by Gasteiger charge is -2.08. The lowest BCUT2D eigenvalue weighted by molar-refractivity contribution is 0.340. The van der Waals surface area contributed by atoms with Crippen LogP contribution in [0, 0.1) is 0 Å². The smallest absolute Gasteiger partial charge is 0.119 e. The molecule has 2 aromatic rings. The molecule has 0 fully saturated rings. The fourth-order valence-corrected chi connectivity index (χ4v) is 3.01. The molecular formula is C16H22BrN3O. The zero-order chi connectivity index (χ0) is 15.2. The quantitative estimate of drug-likeness (QED) is 0.830. The maximum atomic E-state index is 5.52. The molecule has 0 unspecified atom stereocenters. The third-order valence-corrected chi connectivity index (χ3v) is 4.25. The molecule has 0 saturated carbocycles. The molecular weight excluding hydrogens is 330 g/mol. The summed E-state index contributed by atoms with van der Waals surface area (Å²) in [5.41, 5.74) is 3.50. The average molecular weight is 352 g/mol. The number of aromatic nitrogens is 2. The minimum atomic E-state index is 0.693. The van der Waals surface area contributed by atoms with Gasteiger partial charge in [-0.3, -0.25) is 4.68 Å². The van der Waals surface area contributed by atoms with Gasteiger partial charge in [0.15, 0.2) is 0 Å². The van der Waals surface area contributed by atoms with E-state index in [0.29, 0.717) is 6.61 Å². The van der Waals surface area contributed by atoms with Crippen molar-refractivity contribution in [2.24, 2.45) is 7.05 Å². The predicted octanol–water partition coefficient (Wildman–Crippen LogP) is 3.43. The van der Waals surface area contributed by atoms with E-state index in [4.69, 9.17) is 4.74 Å². The Morgan fingerprint density at radius 2 is 2.10 bits per heavy atom. The summed E-state index contributed by atoms with van der Waals surface area (Å²) in [6.45, 7) is 6.39. The number of nitrogens with zero attached hydrogens (tertiary/aromatic N) is 2. The van der Waals surface area contributed by atoms with E-state index in [9.17, 15) is 0 Å². The lowest BCUT2D eigenvalue weighted by atomic mass is 10.2. The Bertz CT molecular complexity index is 595. The maximum Gasteiger partial charge on any atom is 0.119 e. The van der Waals surface area contributed by atoms with Crippen LogP contribution in [-0.2, 0) is 26.6 Å². The molecule has 21 heavy (non-hydrogen) atoms. The zero-order valence-corrected chi connectivity index (χ0v) is 14.4. The highest BCUT2D eigenvalue weighted by Crippen LogP contribution is 2.21. The Kier molecular flexibility index (Phi) is 5.82. The number of halogens is 1. The lowest BCUT2D eigenvalue weighted by Crippen LogP contribution is -2.15. The molecule has 1 heterocycles. The minimum Gasteiger partial charge on any atom is -0.494 e. The van der Waals surface area contributed by atoms with Crippen LogP contribution in [-0.4, -0.2) is 16.4 Å². The second-order valence-corrected chi connectivity index (χ2v) is 5.66. The van der Waals surface area contributed by atoms with E-state index >= 15 is 0 Å². The van der Waals surface area contributed by atoms with Gasteiger partial charge in [0, 0.05) is 20.1 Å². The monoisotopic (exact) mass is 351 g/mol. The molecule has 0 amide bonds. The van der Waals surface area contributed by atoms with E-state index < -0.39 is 0 Å². The van der Waals surface area contributed by atoms with Gasteiger partial charge in [-0.25, -0.2) is 0 Å². The van der Waals surface area contributed by atoms with E-state index in [2.05, 4.69) is 45.4 Å². The molecule has 1 aromatic heterocycles. The van der Waals surface area contributed by atoms with Gasteiger partial charge in [-0.05, 0) is 47.0 Å². The fourth-order valence-electron chi connectivity index (χ4n) is 2.25. The fraction of sp³-hybridized carbons (Fsp3) is 0.438. The topological polar surface area (TPSA) is 39.1 Å². The normalized spacial score (nSPS) is 10.9. The van der Waals surface area contributed by atoms with E-state index in [1.165, 1.54) is 11.3 Å². The molecule has 1 aromatic carbocycles. The largest absolute Gasteiger partial charge is 0.494 e. The number of aryl methyl sites for hydroxylation is 2. The summed E-state index contributed by atoms with van der Waals surface area (Å²) in [6.07, 6.45) is 0.935. The third kappa shape index (κ3) is 4.08. The molecule has 114 valence electrons. The number of hydrogen-bond acceptors (Lipinski definition) is 3. The van der Waals surface area contributed by atoms with Crippen molar-refractivity contribution in [3.05, 3.63) is 45.7 Å². The average Bonchev–Trinajstić information content (AvgIpc) is 2.75. The van der Waals surface area contributed by atoms with Gasteiger partial charge in [0.2, 0.25) is 0 Å². The van der Waals surface area contributed by atoms with Crippen LogP contribution in [0.15, 0.2) is 28.7 Å². The Morgan fingerprint density at radius 1 is 1.29 bits per heavy atom. The number of nitrogens with one attached hydrogen (secondary N) is 1. The minimum absolute atomic E-state index is 0.693. The molecule has 0 saturated heterocycles. The summed E-state index contributed by atoms with van der Waals surface area (Å²) in [6, 6.07) is 8.19. The summed E-state index contributed by atoms with van der Waals surface area (Å²) in [7, 11) is 1.98. The molecule has 0 atom stereocenters. The molecule has 2 rings (SSSR count). The Labute approximate surface area is 134 Å². The molecule has 0 aliphatic carbocycles. The summed E-state index contributed by atoms with van der Waals surface area (Å²) in [5, 5.41) is 7.96. The van der Waals surface area contributed by atoms with Crippen molar-refractivity contribution in [1.82, 2.24) is 15.1 Å². The highest BCUT2D eigenvalue weighted by atomic mass is 79.9. The van der Waals surface area contributed by atoms with E-state index in [0.717, 1.165) is 35.4 Å². The van der Waals surface area contributed by atoms with E-state index in [1.807, 2.05) is 30.8 Å². The van der Waals surface area contributed by atoms with Crippen LogP contribution in [0.3, 0.4) is 0 Å². The Hall–Kier alpha value is -1.33. The summed E-state index contributed by atoms with van der Waals surface area (Å²) in [4.78, 5) is 0. The third-order valence-electron chi connectivity index (χ3n) is 3.33. The Balaban J connectivity index is 1.95. The SMILES string of the molecule is CCOc1cccc(CNCc2c(Br)c(CC)nn2C)c1. The molecule has 0 aliphatic heterocycles. The van der Waals surface area contributed by atoms with Crippen molar-refractivity contribution >= 4 is 15.9 Å². The van der Waals surface area contributed by atoms with Crippen molar-refractivity contribution in [2.75, 3.05) is 6.61 Å². The highest BCUT2D eigenvalue weighted by molar-refractivity contribution is 9.10. The van der Waals surface area contributed by atoms with Gasteiger partial charge in [-0.1, -0.05) is 19.1 Å². The molecule has 5 heteroatoms. The molecule has 0 aliphatic rings. The Morgan fingerprint density at radius 3 is 2.76 bits per heavy atom. The zero-order valence-electron chi connectivity index (χ0n) is 12.8. The summed E-state index contributed by atoms with van der Waals surface area (Å²) < 4.78 is 8.57. The molecule has 4 nitrogen and oxygen atoms in total. The number of rotatable bonds is 7. The predicted molar refractivity (Wildman–Crippen MR) is 88.4 cm³/mol. The highest BCUT2D eigenvalue weighted by Gasteiger charge is 2.11. The van der Waals surface area contributed by atoms with Crippen LogP contribution in [0.2, 0.25) is 0 Å². The first-order valence-corrected chi connectivity index (χ1v) is 8.07. The first-order valence-electron chi connectivity index (χ1n) is 7.28. The first-order chi connectivity index (χ1) is 10.2. The van der Waals surface area contributed by atoms with Crippen LogP contribution in [0.5, 0.6) is 5.75 Å². The van der Waals surface area contributed by atoms with E-state index in [1.54, 1.807) is 0 Å². The first kappa shape index (κ1) is 16.0. The molecule has 0 spiro atoms. The van der Waals surface area contributed by atoms with Gasteiger partial charge in [0.25, 0.3) is 0 Å². The van der Waals surface area contributed by atoms with Crippen LogP contribution >= 0.6 is 15.9 Å². The number of benzene rings is 1. The van der Waals surface area contributed by atoms with Gasteiger partial charge < -0.3 is 10.1 Å². The van der Waals surface area contributed by atoms with Crippen LogP contribution in [0.25, 0.3) is 0 Å². The second-order valence-electron chi connectivity index (χ2n) is 4.87. The molecule has 1 N–H and O–H groups in total. The van der Waals surface area contributed by atoms with Gasteiger partial charge in [0.1, 0.15) is 5.75 Å². The standard InChI is InChI=1S/C16H22BrN3O/c1-4-14-16(17)15(20(3)19-14)11-18-10-12-7-6-8-13(9-12)21-5-2/h6-9,18H,4-5,10-11H2,1-3H3. The van der Waals surface area contributed by atoms with E-state index in [-0.39, 0.29) is 0 Å². The van der Waals surface area contributed by atoms with Gasteiger partial charge >= 0.3 is 0 Å². The van der Waals surface area contributed by atoms with Crippen molar-refractivity contribution in [3.8, 4) is 5.75 Å². The maximum absolute atomic E-state index is 5.52. The van der Waals surface area contributed by atoms with Crippen molar-refractivity contribution in [2.45, 2.75) is 33.4 Å². The molecule has 0 bridgehead atoms. The van der Waals surface area contributed by atoms with Crippen LogP contribution in [0.4, 0.5) is 0 Å². The number of ether oxygens (including phenoxy) is 1. The van der Waals surface area contributed by atoms with Crippen molar-refractivity contribution in [3.63, 3.8) is 0 Å².